The van der Waals surface area contributed by atoms with E-state index in [0.717, 1.165) is 18.2 Å². The fourth-order valence-electron chi connectivity index (χ4n) is 1.57. The van der Waals surface area contributed by atoms with Gasteiger partial charge in [-0.2, -0.15) is 13.1 Å². The molecule has 1 aromatic heterocycles. The maximum Gasteiger partial charge on any atom is 0.287 e. The van der Waals surface area contributed by atoms with E-state index in [1.165, 1.54) is 0 Å². The normalized spacial score (nSPS) is 12.2. The molecule has 0 saturated carbocycles. The minimum Gasteiger partial charge on any atom is -0.472 e. The number of aliphatic imine (C=N–C) groups is 1. The zero-order valence-corrected chi connectivity index (χ0v) is 13.1. The van der Waals surface area contributed by atoms with Crippen LogP contribution in [-0.4, -0.2) is 42.9 Å². The number of benzene rings is 1. The van der Waals surface area contributed by atoms with Crippen LogP contribution in [0.1, 0.15) is 5.69 Å². The highest BCUT2D eigenvalue weighted by Crippen LogP contribution is 2.19. The molecule has 0 aliphatic carbocycles. The molecular weight excluding hydrogens is 366 g/mol. The molecule has 136 valence electrons. The molecule has 25 heavy (non-hydrogen) atoms. The molecule has 0 atom stereocenters. The predicted octanol–water partition coefficient (Wildman–Crippen LogP) is -0.423. The summed E-state index contributed by atoms with van der Waals surface area (Å²) in [5, 5.41) is 20.8. The third-order valence-electron chi connectivity index (χ3n) is 2.58. The topological polar surface area (TPSA) is 165 Å². The first kappa shape index (κ1) is 18.7. The smallest absolute Gasteiger partial charge is 0.287 e. The van der Waals surface area contributed by atoms with Crippen molar-refractivity contribution in [2.75, 3.05) is 13.2 Å². The maximum absolute atomic E-state index is 13.2. The van der Waals surface area contributed by atoms with Crippen LogP contribution < -0.4 is 20.1 Å². The van der Waals surface area contributed by atoms with Crippen LogP contribution in [0.15, 0.2) is 27.8 Å². The Labute approximate surface area is 139 Å². The molecule has 11 nitrogen and oxygen atoms in total. The van der Waals surface area contributed by atoms with Crippen LogP contribution in [0, 0.1) is 11.6 Å². The summed E-state index contributed by atoms with van der Waals surface area (Å²) in [6.45, 7) is -0.366. The zero-order chi connectivity index (χ0) is 18.4. The maximum atomic E-state index is 13.2. The first-order valence-electron chi connectivity index (χ1n) is 6.47. The van der Waals surface area contributed by atoms with Crippen molar-refractivity contribution < 1.29 is 31.8 Å². The molecule has 2 aromatic rings. The fraction of sp³-hybridized carbons (Fsp3) is 0.182. The largest absolute Gasteiger partial charge is 0.472 e. The Hall–Kier alpha value is -2.68. The van der Waals surface area contributed by atoms with Crippen LogP contribution in [-0.2, 0) is 10.2 Å². The van der Waals surface area contributed by atoms with E-state index in [2.05, 4.69) is 19.9 Å². The number of nitrogens with two attached hydrogens (primary N) is 1. The van der Waals surface area contributed by atoms with Crippen LogP contribution in [0.3, 0.4) is 0 Å². The Morgan fingerprint density at radius 3 is 2.76 bits per heavy atom. The number of hydrogen-bond acceptors (Lipinski definition) is 8. The molecule has 0 aliphatic rings. The minimum atomic E-state index is -3.88. The molecule has 0 bridgehead atoms. The van der Waals surface area contributed by atoms with Crippen LogP contribution in [0.25, 0.3) is 0 Å². The molecule has 0 amide bonds. The molecule has 1 heterocycles. The van der Waals surface area contributed by atoms with E-state index in [9.17, 15) is 17.2 Å². The third kappa shape index (κ3) is 5.42. The number of halogens is 2. The molecular formula is C11H12F2N6O5S. The van der Waals surface area contributed by atoms with Gasteiger partial charge < -0.3 is 4.74 Å². The molecule has 5 N–H and O–H groups in total. The van der Waals surface area contributed by atoms with Crippen LogP contribution in [0.4, 0.5) is 14.5 Å². The Morgan fingerprint density at radius 2 is 2.12 bits per heavy atom. The molecule has 0 radical (unpaired) electrons. The van der Waals surface area contributed by atoms with Crippen molar-refractivity contribution in [3.05, 3.63) is 35.5 Å². The number of nitrogens with zero attached hydrogens (tertiary/aromatic N) is 3. The lowest BCUT2D eigenvalue weighted by Crippen LogP contribution is -2.34. The predicted molar refractivity (Wildman–Crippen MR) is 78.4 cm³/mol. The van der Waals surface area contributed by atoms with Crippen molar-refractivity contribution in [1.29, 1.82) is 0 Å². The van der Waals surface area contributed by atoms with Gasteiger partial charge in [0.1, 0.15) is 6.61 Å². The average Bonchev–Trinajstić information content (AvgIpc) is 3.00. The average molecular weight is 378 g/mol. The summed E-state index contributed by atoms with van der Waals surface area (Å²) in [6.07, 6.45) is 0. The SMILES string of the molecule is NS(=O)(=O)NCCOc1nonc1C(=Nc1ccc(F)c(F)c1)NO. The third-order valence-corrected chi connectivity index (χ3v) is 3.18. The summed E-state index contributed by atoms with van der Waals surface area (Å²) in [6, 6.07) is 2.79. The van der Waals surface area contributed by atoms with E-state index in [1.54, 1.807) is 5.48 Å². The van der Waals surface area contributed by atoms with Crippen molar-refractivity contribution in [1.82, 2.24) is 20.5 Å². The second-order valence-electron chi connectivity index (χ2n) is 4.38. The van der Waals surface area contributed by atoms with Gasteiger partial charge in [0, 0.05) is 12.6 Å². The highest BCUT2D eigenvalue weighted by Gasteiger charge is 2.18. The van der Waals surface area contributed by atoms with Gasteiger partial charge in [0.2, 0.25) is 5.69 Å². The summed E-state index contributed by atoms with van der Waals surface area (Å²) in [5.41, 5.74) is 1.47. The monoisotopic (exact) mass is 378 g/mol. The van der Waals surface area contributed by atoms with Crippen LogP contribution in [0.2, 0.25) is 0 Å². The van der Waals surface area contributed by atoms with Gasteiger partial charge in [0.25, 0.3) is 16.1 Å². The van der Waals surface area contributed by atoms with E-state index in [0.29, 0.717) is 0 Å². The number of ether oxygens (including phenoxy) is 1. The van der Waals surface area contributed by atoms with Gasteiger partial charge >= 0.3 is 0 Å². The summed E-state index contributed by atoms with van der Waals surface area (Å²) in [5.74, 6) is -2.77. The number of aromatic nitrogens is 2. The highest BCUT2D eigenvalue weighted by molar-refractivity contribution is 7.87. The van der Waals surface area contributed by atoms with Gasteiger partial charge in [-0.15, -0.1) is 0 Å². The van der Waals surface area contributed by atoms with Gasteiger partial charge in [0.05, 0.1) is 5.69 Å². The van der Waals surface area contributed by atoms with E-state index in [4.69, 9.17) is 15.1 Å². The van der Waals surface area contributed by atoms with Crippen LogP contribution >= 0.6 is 0 Å². The summed E-state index contributed by atoms with van der Waals surface area (Å²) in [4.78, 5) is 3.82. The Kier molecular flexibility index (Phi) is 5.92. The number of nitrogens with one attached hydrogen (secondary N) is 2. The minimum absolute atomic E-state index is 0.0414. The zero-order valence-electron chi connectivity index (χ0n) is 12.3. The summed E-state index contributed by atoms with van der Waals surface area (Å²) in [7, 11) is -3.88. The molecule has 0 unspecified atom stereocenters. The van der Waals surface area contributed by atoms with Gasteiger partial charge in [-0.3, -0.25) is 10.7 Å². The van der Waals surface area contributed by atoms with Gasteiger partial charge in [0.15, 0.2) is 17.5 Å². The number of rotatable bonds is 7. The standard InChI is InChI=1S/C11H12F2N6O5S/c12-7-2-1-6(5-8(7)13)16-10(17-20)9-11(19-24-18-9)23-4-3-15-25(14,21)22/h1-2,5,15,20H,3-4H2,(H,16,17)(H2,14,21,22). The first-order chi connectivity index (χ1) is 11.8. The highest BCUT2D eigenvalue weighted by atomic mass is 32.2. The summed E-state index contributed by atoms with van der Waals surface area (Å²) >= 11 is 0. The van der Waals surface area contributed by atoms with Gasteiger partial charge in [-0.25, -0.2) is 23.5 Å². The number of amidine groups is 1. The lowest BCUT2D eigenvalue weighted by atomic mass is 10.3. The van der Waals surface area contributed by atoms with E-state index in [-0.39, 0.29) is 36.2 Å². The molecule has 0 saturated heterocycles. The van der Waals surface area contributed by atoms with E-state index in [1.807, 2.05) is 4.72 Å². The molecule has 0 fully saturated rings. The Morgan fingerprint density at radius 1 is 1.36 bits per heavy atom. The van der Waals surface area contributed by atoms with E-state index < -0.39 is 21.8 Å². The number of hydroxylamine groups is 1. The van der Waals surface area contributed by atoms with Crippen molar-refractivity contribution in [3.8, 4) is 5.88 Å². The van der Waals surface area contributed by atoms with Crippen molar-refractivity contribution in [3.63, 3.8) is 0 Å². The van der Waals surface area contributed by atoms with Crippen molar-refractivity contribution >= 4 is 21.7 Å². The first-order valence-corrected chi connectivity index (χ1v) is 8.02. The fourth-order valence-corrected chi connectivity index (χ4v) is 1.93. The van der Waals surface area contributed by atoms with Crippen LogP contribution in [0.5, 0.6) is 5.88 Å². The molecule has 14 heteroatoms. The summed E-state index contributed by atoms with van der Waals surface area (Å²) < 4.78 is 59.1. The lowest BCUT2D eigenvalue weighted by Gasteiger charge is -2.05. The van der Waals surface area contributed by atoms with E-state index >= 15 is 0 Å². The number of hydrogen-bond donors (Lipinski definition) is 4. The molecule has 2 rings (SSSR count). The molecule has 0 spiro atoms. The van der Waals surface area contributed by atoms with Crippen molar-refractivity contribution in [2.45, 2.75) is 0 Å². The van der Waals surface area contributed by atoms with Crippen molar-refractivity contribution in [2.24, 2.45) is 10.1 Å². The van der Waals surface area contributed by atoms with Gasteiger partial charge in [-0.1, -0.05) is 0 Å². The Bertz CT molecular complexity index is 872. The van der Waals surface area contributed by atoms with Gasteiger partial charge in [-0.05, 0) is 22.4 Å². The second kappa shape index (κ2) is 7.93. The Balaban J connectivity index is 2.14. The quantitative estimate of drug-likeness (QED) is 0.218. The molecule has 1 aromatic carbocycles. The lowest BCUT2D eigenvalue weighted by molar-refractivity contribution is 0.233. The second-order valence-corrected chi connectivity index (χ2v) is 5.76. The molecule has 0 aliphatic heterocycles.